The Kier molecular flexibility index (Phi) is 4.09. The smallest absolute Gasteiger partial charge is 0.264 e. The fraction of sp³-hybridized carbons (Fsp3) is 0.538. The standard InChI is InChI=1S/C13H19N3O2S/c1-8-9(14)7-11(19-8)13(18)16-6-4-3-5-10(16)12(17)15-2/h7,10H,3-6,14H2,1-2H3,(H,15,17). The van der Waals surface area contributed by atoms with E-state index in [1.807, 2.05) is 6.92 Å². The number of piperidine rings is 1. The molecule has 1 fully saturated rings. The Morgan fingerprint density at radius 1 is 1.47 bits per heavy atom. The summed E-state index contributed by atoms with van der Waals surface area (Å²) >= 11 is 1.39. The molecule has 1 aromatic rings. The van der Waals surface area contributed by atoms with Crippen molar-refractivity contribution >= 4 is 28.8 Å². The second-order valence-corrected chi connectivity index (χ2v) is 6.00. The third-order valence-electron chi connectivity index (χ3n) is 3.48. The Labute approximate surface area is 116 Å². The summed E-state index contributed by atoms with van der Waals surface area (Å²) in [5, 5.41) is 2.63. The molecule has 19 heavy (non-hydrogen) atoms. The summed E-state index contributed by atoms with van der Waals surface area (Å²) in [6.07, 6.45) is 2.65. The highest BCUT2D eigenvalue weighted by atomic mass is 32.1. The van der Waals surface area contributed by atoms with Crippen LogP contribution in [0, 0.1) is 6.92 Å². The van der Waals surface area contributed by atoms with E-state index >= 15 is 0 Å². The SMILES string of the molecule is CNC(=O)C1CCCCN1C(=O)c1cc(N)c(C)s1. The van der Waals surface area contributed by atoms with Gasteiger partial charge in [0, 0.05) is 24.2 Å². The van der Waals surface area contributed by atoms with Gasteiger partial charge in [0.25, 0.3) is 5.91 Å². The van der Waals surface area contributed by atoms with Crippen LogP contribution in [0.5, 0.6) is 0 Å². The zero-order chi connectivity index (χ0) is 14.0. The minimum absolute atomic E-state index is 0.0851. The van der Waals surface area contributed by atoms with Gasteiger partial charge in [-0.2, -0.15) is 0 Å². The number of thiophene rings is 1. The van der Waals surface area contributed by atoms with Gasteiger partial charge in [-0.15, -0.1) is 11.3 Å². The number of likely N-dealkylation sites (N-methyl/N-ethyl adjacent to an activating group) is 1. The van der Waals surface area contributed by atoms with E-state index in [9.17, 15) is 9.59 Å². The average Bonchev–Trinajstić information content (AvgIpc) is 2.77. The Balaban J connectivity index is 2.22. The molecular formula is C13H19N3O2S. The number of likely N-dealkylation sites (tertiary alicyclic amines) is 1. The van der Waals surface area contributed by atoms with E-state index in [4.69, 9.17) is 5.73 Å². The molecule has 1 aliphatic heterocycles. The first-order chi connectivity index (χ1) is 9.04. The number of aryl methyl sites for hydroxylation is 1. The monoisotopic (exact) mass is 281 g/mol. The molecule has 2 amide bonds. The van der Waals surface area contributed by atoms with Crippen molar-refractivity contribution in [2.45, 2.75) is 32.2 Å². The molecular weight excluding hydrogens is 262 g/mol. The van der Waals surface area contributed by atoms with Crippen LogP contribution in [0.4, 0.5) is 5.69 Å². The van der Waals surface area contributed by atoms with Crippen LogP contribution in [-0.4, -0.2) is 36.3 Å². The number of nitrogens with one attached hydrogen (secondary N) is 1. The maximum absolute atomic E-state index is 12.5. The molecule has 2 heterocycles. The number of rotatable bonds is 2. The minimum Gasteiger partial charge on any atom is -0.398 e. The lowest BCUT2D eigenvalue weighted by molar-refractivity contribution is -0.126. The first kappa shape index (κ1) is 13.9. The summed E-state index contributed by atoms with van der Waals surface area (Å²) in [6.45, 7) is 2.52. The van der Waals surface area contributed by atoms with Crippen LogP contribution in [0.15, 0.2) is 6.07 Å². The van der Waals surface area contributed by atoms with E-state index in [-0.39, 0.29) is 17.9 Å². The number of nitrogens with zero attached hydrogens (tertiary/aromatic N) is 1. The van der Waals surface area contributed by atoms with Crippen molar-refractivity contribution in [3.63, 3.8) is 0 Å². The van der Waals surface area contributed by atoms with Gasteiger partial charge in [-0.3, -0.25) is 9.59 Å². The zero-order valence-corrected chi connectivity index (χ0v) is 12.0. The molecule has 1 saturated heterocycles. The normalized spacial score (nSPS) is 19.3. The molecule has 0 spiro atoms. The minimum atomic E-state index is -0.352. The van der Waals surface area contributed by atoms with Crippen molar-refractivity contribution < 1.29 is 9.59 Å². The highest BCUT2D eigenvalue weighted by Crippen LogP contribution is 2.27. The molecule has 0 saturated carbocycles. The summed E-state index contributed by atoms with van der Waals surface area (Å²) < 4.78 is 0. The molecule has 0 bridgehead atoms. The van der Waals surface area contributed by atoms with Crippen LogP contribution < -0.4 is 11.1 Å². The van der Waals surface area contributed by atoms with Crippen LogP contribution in [0.25, 0.3) is 0 Å². The van der Waals surface area contributed by atoms with Gasteiger partial charge in [-0.1, -0.05) is 0 Å². The molecule has 1 aliphatic rings. The van der Waals surface area contributed by atoms with Crippen LogP contribution in [0.1, 0.15) is 33.8 Å². The molecule has 104 valence electrons. The van der Waals surface area contributed by atoms with Crippen molar-refractivity contribution in [2.75, 3.05) is 19.3 Å². The van der Waals surface area contributed by atoms with Gasteiger partial charge in [0.2, 0.25) is 5.91 Å². The second-order valence-electron chi connectivity index (χ2n) is 4.75. The van der Waals surface area contributed by atoms with Gasteiger partial charge in [-0.05, 0) is 32.3 Å². The number of carbonyl (C=O) groups excluding carboxylic acids is 2. The fourth-order valence-electron chi connectivity index (χ4n) is 2.36. The van der Waals surface area contributed by atoms with Crippen LogP contribution >= 0.6 is 11.3 Å². The number of hydrogen-bond donors (Lipinski definition) is 2. The fourth-order valence-corrected chi connectivity index (χ4v) is 3.25. The Morgan fingerprint density at radius 3 is 2.79 bits per heavy atom. The summed E-state index contributed by atoms with van der Waals surface area (Å²) in [5.74, 6) is -0.174. The van der Waals surface area contributed by atoms with E-state index in [0.717, 1.165) is 24.1 Å². The number of anilines is 1. The lowest BCUT2D eigenvalue weighted by Gasteiger charge is -2.34. The zero-order valence-electron chi connectivity index (χ0n) is 11.2. The average molecular weight is 281 g/mol. The van der Waals surface area contributed by atoms with E-state index in [0.29, 0.717) is 17.1 Å². The maximum Gasteiger partial charge on any atom is 0.264 e. The van der Waals surface area contributed by atoms with Gasteiger partial charge < -0.3 is 16.0 Å². The van der Waals surface area contributed by atoms with Gasteiger partial charge in [0.15, 0.2) is 0 Å². The van der Waals surface area contributed by atoms with E-state index in [1.165, 1.54) is 11.3 Å². The van der Waals surface area contributed by atoms with E-state index < -0.39 is 0 Å². The Hall–Kier alpha value is -1.56. The molecule has 1 unspecified atom stereocenters. The highest BCUT2D eigenvalue weighted by molar-refractivity contribution is 7.14. The number of amides is 2. The Bertz CT molecular complexity index is 479. The number of nitrogens with two attached hydrogens (primary N) is 1. The predicted molar refractivity (Wildman–Crippen MR) is 76.2 cm³/mol. The third-order valence-corrected chi connectivity index (χ3v) is 4.53. The number of hydrogen-bond acceptors (Lipinski definition) is 4. The van der Waals surface area contributed by atoms with Crippen LogP contribution in [0.2, 0.25) is 0 Å². The van der Waals surface area contributed by atoms with Gasteiger partial charge in [0.1, 0.15) is 6.04 Å². The summed E-state index contributed by atoms with van der Waals surface area (Å²) in [4.78, 5) is 27.6. The van der Waals surface area contributed by atoms with Crippen molar-refractivity contribution in [1.82, 2.24) is 10.2 Å². The highest BCUT2D eigenvalue weighted by Gasteiger charge is 2.32. The second kappa shape index (κ2) is 5.61. The summed E-state index contributed by atoms with van der Waals surface area (Å²) in [6, 6.07) is 1.35. The van der Waals surface area contributed by atoms with E-state index in [2.05, 4.69) is 5.32 Å². The van der Waals surface area contributed by atoms with Crippen molar-refractivity contribution in [3.05, 3.63) is 15.8 Å². The van der Waals surface area contributed by atoms with Gasteiger partial charge in [-0.25, -0.2) is 0 Å². The molecule has 0 aliphatic carbocycles. The van der Waals surface area contributed by atoms with Crippen LogP contribution in [0.3, 0.4) is 0 Å². The largest absolute Gasteiger partial charge is 0.398 e. The first-order valence-corrected chi connectivity index (χ1v) is 7.24. The molecule has 1 atom stereocenters. The van der Waals surface area contributed by atoms with E-state index in [1.54, 1.807) is 18.0 Å². The number of carbonyl (C=O) groups is 2. The summed E-state index contributed by atoms with van der Waals surface area (Å²) in [5.41, 5.74) is 6.43. The predicted octanol–water partition coefficient (Wildman–Crippen LogP) is 1.38. The van der Waals surface area contributed by atoms with Crippen molar-refractivity contribution in [1.29, 1.82) is 0 Å². The lowest BCUT2D eigenvalue weighted by atomic mass is 10.0. The summed E-state index contributed by atoms with van der Waals surface area (Å²) in [7, 11) is 1.60. The molecule has 3 N–H and O–H groups in total. The quantitative estimate of drug-likeness (QED) is 0.860. The molecule has 0 radical (unpaired) electrons. The Morgan fingerprint density at radius 2 is 2.21 bits per heavy atom. The van der Waals surface area contributed by atoms with Gasteiger partial charge in [0.05, 0.1) is 4.88 Å². The molecule has 6 heteroatoms. The molecule has 1 aromatic heterocycles. The molecule has 0 aromatic carbocycles. The third kappa shape index (κ3) is 2.73. The van der Waals surface area contributed by atoms with Crippen molar-refractivity contribution in [3.8, 4) is 0 Å². The van der Waals surface area contributed by atoms with Gasteiger partial charge >= 0.3 is 0 Å². The van der Waals surface area contributed by atoms with Crippen LogP contribution in [-0.2, 0) is 4.79 Å². The topological polar surface area (TPSA) is 75.4 Å². The maximum atomic E-state index is 12.5. The molecule has 5 nitrogen and oxygen atoms in total. The number of nitrogen functional groups attached to an aromatic ring is 1. The lowest BCUT2D eigenvalue weighted by Crippen LogP contribution is -2.51. The first-order valence-electron chi connectivity index (χ1n) is 6.43. The molecule has 2 rings (SSSR count). The van der Waals surface area contributed by atoms with Crippen molar-refractivity contribution in [2.24, 2.45) is 0 Å².